The van der Waals surface area contributed by atoms with Crippen molar-refractivity contribution < 1.29 is 14.3 Å². The molecule has 0 aliphatic carbocycles. The van der Waals surface area contributed by atoms with Gasteiger partial charge in [0.25, 0.3) is 11.8 Å². The van der Waals surface area contributed by atoms with E-state index in [0.29, 0.717) is 23.5 Å². The molecule has 0 saturated carbocycles. The van der Waals surface area contributed by atoms with Crippen LogP contribution in [0.1, 0.15) is 34.1 Å². The summed E-state index contributed by atoms with van der Waals surface area (Å²) in [5, 5.41) is 2.23. The first kappa shape index (κ1) is 9.71. The highest BCUT2D eigenvalue weighted by atomic mass is 16.5. The van der Waals surface area contributed by atoms with Gasteiger partial charge in [0, 0.05) is 0 Å². The molecule has 0 unspecified atom stereocenters. The zero-order valence-electron chi connectivity index (χ0n) is 8.37. The second-order valence-electron chi connectivity index (χ2n) is 3.34. The molecule has 1 aliphatic heterocycles. The molecule has 0 aromatic heterocycles. The number of carbonyl (C=O) groups excluding carboxylic acids is 2. The van der Waals surface area contributed by atoms with Crippen LogP contribution in [-0.4, -0.2) is 18.4 Å². The van der Waals surface area contributed by atoms with Crippen LogP contribution in [0.15, 0.2) is 18.2 Å². The fourth-order valence-corrected chi connectivity index (χ4v) is 1.46. The van der Waals surface area contributed by atoms with Crippen molar-refractivity contribution in [2.75, 3.05) is 6.61 Å². The van der Waals surface area contributed by atoms with E-state index in [1.165, 1.54) is 0 Å². The minimum absolute atomic E-state index is 0.336. The molecule has 0 bridgehead atoms. The summed E-state index contributed by atoms with van der Waals surface area (Å²) in [7, 11) is 0. The van der Waals surface area contributed by atoms with E-state index in [1.54, 1.807) is 18.2 Å². The Morgan fingerprint density at radius 2 is 1.93 bits per heavy atom. The molecule has 0 saturated heterocycles. The van der Waals surface area contributed by atoms with Gasteiger partial charge >= 0.3 is 0 Å². The Hall–Kier alpha value is -1.84. The summed E-state index contributed by atoms with van der Waals surface area (Å²) >= 11 is 0. The first-order chi connectivity index (χ1) is 7.22. The number of ether oxygens (including phenoxy) is 1. The second kappa shape index (κ2) is 3.73. The summed E-state index contributed by atoms with van der Waals surface area (Å²) in [5.74, 6) is -0.0607. The summed E-state index contributed by atoms with van der Waals surface area (Å²) in [5.41, 5.74) is 0.817. The molecule has 0 fully saturated rings. The van der Waals surface area contributed by atoms with Gasteiger partial charge in [-0.05, 0) is 24.6 Å². The largest absolute Gasteiger partial charge is 0.494 e. The molecule has 2 rings (SSSR count). The minimum Gasteiger partial charge on any atom is -0.494 e. The Bertz CT molecular complexity index is 426. The predicted octanol–water partition coefficient (Wildman–Crippen LogP) is 1.36. The highest BCUT2D eigenvalue weighted by Gasteiger charge is 2.26. The van der Waals surface area contributed by atoms with Crippen molar-refractivity contribution in [3.63, 3.8) is 0 Å². The molecule has 4 nitrogen and oxygen atoms in total. The molecule has 1 heterocycles. The Morgan fingerprint density at radius 1 is 1.20 bits per heavy atom. The summed E-state index contributed by atoms with van der Waals surface area (Å²) in [6.45, 7) is 2.61. The monoisotopic (exact) mass is 205 g/mol. The lowest BCUT2D eigenvalue weighted by Gasteiger charge is -2.04. The van der Waals surface area contributed by atoms with Gasteiger partial charge in [-0.3, -0.25) is 14.9 Å². The predicted molar refractivity (Wildman–Crippen MR) is 54.0 cm³/mol. The zero-order chi connectivity index (χ0) is 10.8. The molecule has 1 aliphatic rings. The zero-order valence-corrected chi connectivity index (χ0v) is 8.37. The molecule has 1 N–H and O–H groups in total. The van der Waals surface area contributed by atoms with E-state index < -0.39 is 0 Å². The smallest absolute Gasteiger partial charge is 0.259 e. The van der Waals surface area contributed by atoms with Gasteiger partial charge in [-0.15, -0.1) is 0 Å². The first-order valence-electron chi connectivity index (χ1n) is 4.85. The number of rotatable bonds is 3. The van der Waals surface area contributed by atoms with Crippen molar-refractivity contribution in [3.05, 3.63) is 29.3 Å². The van der Waals surface area contributed by atoms with Gasteiger partial charge in [0.2, 0.25) is 0 Å². The molecule has 0 spiro atoms. The van der Waals surface area contributed by atoms with Crippen molar-refractivity contribution in [3.8, 4) is 5.75 Å². The molecular formula is C11H11NO3. The molecule has 0 atom stereocenters. The van der Waals surface area contributed by atoms with E-state index in [0.717, 1.165) is 6.42 Å². The number of nitrogens with one attached hydrogen (secondary N) is 1. The molecule has 1 aromatic rings. The Balaban J connectivity index is 2.30. The van der Waals surface area contributed by atoms with Crippen LogP contribution in [0.2, 0.25) is 0 Å². The number of imide groups is 1. The lowest BCUT2D eigenvalue weighted by Crippen LogP contribution is -2.19. The normalized spacial score (nSPS) is 13.7. The SMILES string of the molecule is CCCOc1ccc2c(c1)C(=O)NC2=O. The van der Waals surface area contributed by atoms with Gasteiger partial charge in [0.15, 0.2) is 0 Å². The van der Waals surface area contributed by atoms with Crippen LogP contribution >= 0.6 is 0 Å². The Morgan fingerprint density at radius 3 is 2.67 bits per heavy atom. The minimum atomic E-state index is -0.350. The van der Waals surface area contributed by atoms with Crippen LogP contribution in [0.25, 0.3) is 0 Å². The first-order valence-corrected chi connectivity index (χ1v) is 4.85. The van der Waals surface area contributed by atoms with Gasteiger partial charge in [0.05, 0.1) is 17.7 Å². The van der Waals surface area contributed by atoms with E-state index in [2.05, 4.69) is 5.32 Å². The van der Waals surface area contributed by atoms with E-state index in [1.807, 2.05) is 6.92 Å². The summed E-state index contributed by atoms with van der Waals surface area (Å²) in [6, 6.07) is 4.92. The Labute approximate surface area is 87.2 Å². The van der Waals surface area contributed by atoms with Crippen molar-refractivity contribution in [1.82, 2.24) is 5.32 Å². The molecule has 1 aromatic carbocycles. The lowest BCUT2D eigenvalue weighted by atomic mass is 10.1. The standard InChI is InChI=1S/C11H11NO3/c1-2-5-15-7-3-4-8-9(6-7)11(14)12-10(8)13/h3-4,6H,2,5H2,1H3,(H,12,13,14). The van der Waals surface area contributed by atoms with Crippen molar-refractivity contribution in [2.45, 2.75) is 13.3 Å². The fraction of sp³-hybridized carbons (Fsp3) is 0.273. The Kier molecular flexibility index (Phi) is 2.41. The number of carbonyl (C=O) groups is 2. The van der Waals surface area contributed by atoms with Crippen LogP contribution in [-0.2, 0) is 0 Å². The molecule has 78 valence electrons. The van der Waals surface area contributed by atoms with Crippen LogP contribution in [0.3, 0.4) is 0 Å². The van der Waals surface area contributed by atoms with E-state index in [-0.39, 0.29) is 11.8 Å². The highest BCUT2D eigenvalue weighted by Crippen LogP contribution is 2.21. The van der Waals surface area contributed by atoms with E-state index in [9.17, 15) is 9.59 Å². The van der Waals surface area contributed by atoms with Gasteiger partial charge in [-0.25, -0.2) is 0 Å². The van der Waals surface area contributed by atoms with E-state index in [4.69, 9.17) is 4.74 Å². The van der Waals surface area contributed by atoms with Gasteiger partial charge in [-0.2, -0.15) is 0 Å². The fourth-order valence-electron chi connectivity index (χ4n) is 1.46. The number of fused-ring (bicyclic) bond motifs is 1. The van der Waals surface area contributed by atoms with Crippen molar-refractivity contribution >= 4 is 11.8 Å². The maximum Gasteiger partial charge on any atom is 0.259 e. The number of hydrogen-bond donors (Lipinski definition) is 1. The summed E-state index contributed by atoms with van der Waals surface area (Å²) in [6.07, 6.45) is 0.905. The molecule has 2 amide bonds. The van der Waals surface area contributed by atoms with Gasteiger partial charge in [0.1, 0.15) is 5.75 Å². The molecular weight excluding hydrogens is 194 g/mol. The van der Waals surface area contributed by atoms with Crippen LogP contribution < -0.4 is 10.1 Å². The van der Waals surface area contributed by atoms with Crippen LogP contribution in [0, 0.1) is 0 Å². The third-order valence-electron chi connectivity index (χ3n) is 2.18. The molecule has 4 heteroatoms. The highest BCUT2D eigenvalue weighted by molar-refractivity contribution is 6.21. The summed E-state index contributed by atoms with van der Waals surface area (Å²) < 4.78 is 5.37. The van der Waals surface area contributed by atoms with Crippen LogP contribution in [0.5, 0.6) is 5.75 Å². The number of amides is 2. The third kappa shape index (κ3) is 1.70. The quantitative estimate of drug-likeness (QED) is 0.758. The molecule has 0 radical (unpaired) electrons. The number of benzene rings is 1. The lowest BCUT2D eigenvalue weighted by molar-refractivity contribution is 0.0879. The third-order valence-corrected chi connectivity index (χ3v) is 2.18. The topological polar surface area (TPSA) is 55.4 Å². The second-order valence-corrected chi connectivity index (χ2v) is 3.34. The average molecular weight is 205 g/mol. The van der Waals surface area contributed by atoms with Gasteiger partial charge in [-0.1, -0.05) is 6.92 Å². The van der Waals surface area contributed by atoms with Crippen LogP contribution in [0.4, 0.5) is 0 Å². The number of hydrogen-bond acceptors (Lipinski definition) is 3. The maximum atomic E-state index is 11.3. The summed E-state index contributed by atoms with van der Waals surface area (Å²) in [4.78, 5) is 22.5. The maximum absolute atomic E-state index is 11.3. The van der Waals surface area contributed by atoms with E-state index >= 15 is 0 Å². The molecule has 15 heavy (non-hydrogen) atoms. The van der Waals surface area contributed by atoms with Crippen molar-refractivity contribution in [2.24, 2.45) is 0 Å². The average Bonchev–Trinajstić information content (AvgIpc) is 2.52. The van der Waals surface area contributed by atoms with Crippen molar-refractivity contribution in [1.29, 1.82) is 0 Å². The van der Waals surface area contributed by atoms with Gasteiger partial charge < -0.3 is 4.74 Å².